The van der Waals surface area contributed by atoms with Crippen LogP contribution in [0.25, 0.3) is 0 Å². The van der Waals surface area contributed by atoms with Gasteiger partial charge in [-0.3, -0.25) is 4.79 Å². The van der Waals surface area contributed by atoms with Crippen molar-refractivity contribution in [1.82, 2.24) is 20.0 Å². The third-order valence-corrected chi connectivity index (χ3v) is 6.36. The highest BCUT2D eigenvalue weighted by Gasteiger charge is 2.13. The standard InChI is InChI=1S/C20H26N6OS2/c1-5-14-8-7-9-15(6-2)18(14)23-19-24-25-20(29-19)28-12-17(27)22-16-10-11-21-26(16)13(3)4/h7-11,13H,5-6,12H2,1-4H3,(H,22,27)(H,23,24). The first-order chi connectivity index (χ1) is 14.0. The Bertz CT molecular complexity index is 943. The van der Waals surface area contributed by atoms with Crippen molar-refractivity contribution in [2.24, 2.45) is 0 Å². The number of carbonyl (C=O) groups is 1. The monoisotopic (exact) mass is 430 g/mol. The Labute approximate surface area is 179 Å². The van der Waals surface area contributed by atoms with E-state index in [2.05, 4.69) is 58.0 Å². The molecular formula is C20H26N6OS2. The van der Waals surface area contributed by atoms with E-state index in [0.717, 1.165) is 28.0 Å². The minimum absolute atomic E-state index is 0.0910. The van der Waals surface area contributed by atoms with Crippen LogP contribution in [0.3, 0.4) is 0 Å². The molecule has 9 heteroatoms. The molecule has 3 aromatic rings. The molecule has 0 atom stereocenters. The Morgan fingerprint density at radius 1 is 1.17 bits per heavy atom. The maximum Gasteiger partial charge on any atom is 0.235 e. The second-order valence-corrected chi connectivity index (χ2v) is 8.95. The molecule has 0 aliphatic carbocycles. The highest BCUT2D eigenvalue weighted by atomic mass is 32.2. The Hall–Kier alpha value is -2.39. The highest BCUT2D eigenvalue weighted by Crippen LogP contribution is 2.31. The second kappa shape index (κ2) is 9.89. The van der Waals surface area contributed by atoms with Crippen molar-refractivity contribution < 1.29 is 4.79 Å². The fraction of sp³-hybridized carbons (Fsp3) is 0.400. The van der Waals surface area contributed by atoms with Gasteiger partial charge in [-0.15, -0.1) is 10.2 Å². The van der Waals surface area contributed by atoms with Crippen molar-refractivity contribution in [3.63, 3.8) is 0 Å². The number of carbonyl (C=O) groups excluding carboxylic acids is 1. The molecule has 0 radical (unpaired) electrons. The number of hydrogen-bond donors (Lipinski definition) is 2. The lowest BCUT2D eigenvalue weighted by Gasteiger charge is -2.13. The number of thioether (sulfide) groups is 1. The molecule has 29 heavy (non-hydrogen) atoms. The van der Waals surface area contributed by atoms with Gasteiger partial charge in [-0.05, 0) is 37.8 Å². The van der Waals surface area contributed by atoms with Crippen LogP contribution in [0.5, 0.6) is 0 Å². The molecule has 0 unspecified atom stereocenters. The zero-order valence-corrected chi connectivity index (χ0v) is 18.7. The average Bonchev–Trinajstić information content (AvgIpc) is 3.36. The van der Waals surface area contributed by atoms with Crippen molar-refractivity contribution in [3.05, 3.63) is 41.6 Å². The molecule has 2 heterocycles. The van der Waals surface area contributed by atoms with E-state index >= 15 is 0 Å². The molecule has 0 bridgehead atoms. The SMILES string of the molecule is CCc1cccc(CC)c1Nc1nnc(SCC(=O)Nc2ccnn2C(C)C)s1. The van der Waals surface area contributed by atoms with Crippen LogP contribution in [0, 0.1) is 0 Å². The van der Waals surface area contributed by atoms with Crippen molar-refractivity contribution >= 4 is 45.6 Å². The quantitative estimate of drug-likeness (QED) is 0.469. The van der Waals surface area contributed by atoms with Gasteiger partial charge in [0.2, 0.25) is 11.0 Å². The van der Waals surface area contributed by atoms with Gasteiger partial charge in [-0.25, -0.2) is 4.68 Å². The van der Waals surface area contributed by atoms with Gasteiger partial charge in [-0.1, -0.05) is 55.1 Å². The topological polar surface area (TPSA) is 84.7 Å². The average molecular weight is 431 g/mol. The lowest BCUT2D eigenvalue weighted by Crippen LogP contribution is -2.18. The molecule has 2 N–H and O–H groups in total. The molecule has 154 valence electrons. The Kier molecular flexibility index (Phi) is 7.27. The molecule has 3 rings (SSSR count). The summed E-state index contributed by atoms with van der Waals surface area (Å²) in [5.41, 5.74) is 3.63. The second-order valence-electron chi connectivity index (χ2n) is 6.75. The van der Waals surface area contributed by atoms with Crippen LogP contribution in [-0.2, 0) is 17.6 Å². The van der Waals surface area contributed by atoms with Crippen LogP contribution in [0.1, 0.15) is 44.9 Å². The van der Waals surface area contributed by atoms with E-state index in [1.165, 1.54) is 34.2 Å². The molecule has 0 aliphatic heterocycles. The number of aryl methyl sites for hydroxylation is 2. The molecule has 0 aliphatic rings. The third-order valence-electron chi connectivity index (χ3n) is 4.39. The fourth-order valence-corrected chi connectivity index (χ4v) is 4.52. The molecule has 0 saturated carbocycles. The van der Waals surface area contributed by atoms with E-state index in [-0.39, 0.29) is 17.7 Å². The summed E-state index contributed by atoms with van der Waals surface area (Å²) in [4.78, 5) is 12.3. The van der Waals surface area contributed by atoms with Crippen molar-refractivity contribution in [2.45, 2.75) is 50.9 Å². The molecular weight excluding hydrogens is 404 g/mol. The van der Waals surface area contributed by atoms with Crippen LogP contribution in [-0.4, -0.2) is 31.6 Å². The zero-order valence-electron chi connectivity index (χ0n) is 17.1. The molecule has 2 aromatic heterocycles. The molecule has 1 aromatic carbocycles. The van der Waals surface area contributed by atoms with E-state index in [9.17, 15) is 4.79 Å². The van der Waals surface area contributed by atoms with E-state index in [4.69, 9.17) is 0 Å². The molecule has 0 fully saturated rings. The number of aromatic nitrogens is 4. The summed E-state index contributed by atoms with van der Waals surface area (Å²) < 4.78 is 2.54. The van der Waals surface area contributed by atoms with Crippen molar-refractivity contribution in [1.29, 1.82) is 0 Å². The maximum atomic E-state index is 12.3. The Morgan fingerprint density at radius 3 is 2.55 bits per heavy atom. The first kappa shape index (κ1) is 21.3. The predicted octanol–water partition coefficient (Wildman–Crippen LogP) is 4.91. The van der Waals surface area contributed by atoms with E-state index in [1.807, 2.05) is 13.8 Å². The van der Waals surface area contributed by atoms with Crippen LogP contribution < -0.4 is 10.6 Å². The summed E-state index contributed by atoms with van der Waals surface area (Å²) in [6.45, 7) is 8.33. The van der Waals surface area contributed by atoms with Gasteiger partial charge in [0, 0.05) is 17.8 Å². The zero-order chi connectivity index (χ0) is 20.8. The van der Waals surface area contributed by atoms with Gasteiger partial charge < -0.3 is 10.6 Å². The number of nitrogens with zero attached hydrogens (tertiary/aromatic N) is 4. The minimum Gasteiger partial charge on any atom is -0.330 e. The number of para-hydroxylation sites is 1. The van der Waals surface area contributed by atoms with Crippen LogP contribution in [0.4, 0.5) is 16.6 Å². The van der Waals surface area contributed by atoms with Gasteiger partial charge in [0.25, 0.3) is 0 Å². The summed E-state index contributed by atoms with van der Waals surface area (Å²) >= 11 is 2.84. The molecule has 0 spiro atoms. The van der Waals surface area contributed by atoms with E-state index < -0.39 is 0 Å². The first-order valence-electron chi connectivity index (χ1n) is 9.69. The van der Waals surface area contributed by atoms with E-state index in [1.54, 1.807) is 16.9 Å². The van der Waals surface area contributed by atoms with Crippen LogP contribution in [0.15, 0.2) is 34.8 Å². The van der Waals surface area contributed by atoms with Gasteiger partial charge in [-0.2, -0.15) is 5.10 Å². The van der Waals surface area contributed by atoms with Crippen LogP contribution in [0.2, 0.25) is 0 Å². The lowest BCUT2D eigenvalue weighted by molar-refractivity contribution is -0.113. The normalized spacial score (nSPS) is 11.1. The van der Waals surface area contributed by atoms with Gasteiger partial charge in [0.1, 0.15) is 5.82 Å². The predicted molar refractivity (Wildman–Crippen MR) is 120 cm³/mol. The maximum absolute atomic E-state index is 12.3. The van der Waals surface area contributed by atoms with Gasteiger partial charge in [0.05, 0.1) is 11.9 Å². The van der Waals surface area contributed by atoms with Crippen molar-refractivity contribution in [3.8, 4) is 0 Å². The Balaban J connectivity index is 1.60. The fourth-order valence-electron chi connectivity index (χ4n) is 2.96. The van der Waals surface area contributed by atoms with Gasteiger partial charge >= 0.3 is 0 Å². The largest absolute Gasteiger partial charge is 0.330 e. The summed E-state index contributed by atoms with van der Waals surface area (Å²) in [5, 5.41) is 19.7. The highest BCUT2D eigenvalue weighted by molar-refractivity contribution is 8.01. The van der Waals surface area contributed by atoms with E-state index in [0.29, 0.717) is 5.82 Å². The smallest absolute Gasteiger partial charge is 0.235 e. The number of anilines is 3. The van der Waals surface area contributed by atoms with Crippen LogP contribution >= 0.6 is 23.1 Å². The summed E-state index contributed by atoms with van der Waals surface area (Å²) in [6, 6.07) is 8.33. The number of hydrogen-bond acceptors (Lipinski definition) is 7. The summed E-state index contributed by atoms with van der Waals surface area (Å²) in [7, 11) is 0. The number of amides is 1. The molecule has 1 amide bonds. The summed E-state index contributed by atoms with van der Waals surface area (Å²) in [6.07, 6.45) is 3.58. The lowest BCUT2D eigenvalue weighted by atomic mass is 10.0. The number of rotatable bonds is 9. The number of benzene rings is 1. The number of nitrogens with one attached hydrogen (secondary N) is 2. The Morgan fingerprint density at radius 2 is 1.90 bits per heavy atom. The minimum atomic E-state index is -0.0910. The molecule has 0 saturated heterocycles. The van der Waals surface area contributed by atoms with Gasteiger partial charge in [0.15, 0.2) is 4.34 Å². The molecule has 7 nitrogen and oxygen atoms in total. The summed E-state index contributed by atoms with van der Waals surface area (Å²) in [5.74, 6) is 0.879. The van der Waals surface area contributed by atoms with Crippen molar-refractivity contribution in [2.75, 3.05) is 16.4 Å². The third kappa shape index (κ3) is 5.36. The first-order valence-corrected chi connectivity index (χ1v) is 11.5.